The molecule has 0 spiro atoms. The molecule has 1 heterocycles. The molecule has 0 aliphatic carbocycles. The fraction of sp³-hybridized carbons (Fsp3) is 0.562. The number of carboxylic acid groups (broad SMARTS) is 1. The molecule has 1 fully saturated rings. The third kappa shape index (κ3) is 3.74. The van der Waals surface area contributed by atoms with Crippen molar-refractivity contribution in [3.8, 4) is 5.75 Å². The van der Waals surface area contributed by atoms with Crippen molar-refractivity contribution in [3.05, 3.63) is 29.8 Å². The molecule has 0 saturated carbocycles. The van der Waals surface area contributed by atoms with Crippen LogP contribution in [0.5, 0.6) is 5.75 Å². The van der Waals surface area contributed by atoms with Crippen LogP contribution in [0.15, 0.2) is 24.3 Å². The van der Waals surface area contributed by atoms with Gasteiger partial charge in [-0.05, 0) is 37.6 Å². The average Bonchev–Trinajstić information content (AvgIpc) is 2.42. The molecule has 1 aliphatic heterocycles. The molecule has 2 atom stereocenters. The van der Waals surface area contributed by atoms with Gasteiger partial charge in [0.1, 0.15) is 11.8 Å². The van der Waals surface area contributed by atoms with E-state index in [9.17, 15) is 15.0 Å². The lowest BCUT2D eigenvalue weighted by atomic mass is 10.0. The summed E-state index contributed by atoms with van der Waals surface area (Å²) in [4.78, 5) is 16.1. The standard InChI is InChI=1S/C16H24N2O3/c1-3-7-17-8-9-18(11-12(17)2)15(16(20)21)13-5-4-6-14(19)10-13/h4-6,10,12,15,19H,3,7-9,11H2,1-2H3,(H,20,21). The lowest BCUT2D eigenvalue weighted by Crippen LogP contribution is -2.53. The number of phenolic OH excluding ortho intramolecular Hbond substituents is 1. The number of rotatable bonds is 5. The van der Waals surface area contributed by atoms with Crippen molar-refractivity contribution < 1.29 is 15.0 Å². The van der Waals surface area contributed by atoms with E-state index in [-0.39, 0.29) is 5.75 Å². The number of hydrogen-bond acceptors (Lipinski definition) is 4. The molecule has 1 aromatic carbocycles. The normalized spacial score (nSPS) is 22.1. The van der Waals surface area contributed by atoms with Crippen LogP contribution in [0.3, 0.4) is 0 Å². The van der Waals surface area contributed by atoms with Gasteiger partial charge in [-0.15, -0.1) is 0 Å². The minimum atomic E-state index is -0.864. The van der Waals surface area contributed by atoms with Crippen LogP contribution in [-0.4, -0.2) is 58.2 Å². The van der Waals surface area contributed by atoms with Crippen molar-refractivity contribution in [2.45, 2.75) is 32.4 Å². The van der Waals surface area contributed by atoms with E-state index in [2.05, 4.69) is 18.7 Å². The van der Waals surface area contributed by atoms with E-state index < -0.39 is 12.0 Å². The molecule has 0 aromatic heterocycles. The number of hydrogen-bond donors (Lipinski definition) is 2. The van der Waals surface area contributed by atoms with Gasteiger partial charge in [0, 0.05) is 25.7 Å². The molecule has 2 rings (SSSR count). The van der Waals surface area contributed by atoms with Crippen LogP contribution in [0.25, 0.3) is 0 Å². The van der Waals surface area contributed by atoms with Gasteiger partial charge in [0.25, 0.3) is 0 Å². The summed E-state index contributed by atoms with van der Waals surface area (Å²) >= 11 is 0. The Morgan fingerprint density at radius 3 is 2.76 bits per heavy atom. The molecule has 21 heavy (non-hydrogen) atoms. The highest BCUT2D eigenvalue weighted by Gasteiger charge is 2.33. The van der Waals surface area contributed by atoms with E-state index in [0.29, 0.717) is 11.6 Å². The summed E-state index contributed by atoms with van der Waals surface area (Å²) in [5.74, 6) is -0.756. The zero-order valence-electron chi connectivity index (χ0n) is 12.7. The van der Waals surface area contributed by atoms with Crippen molar-refractivity contribution in [2.24, 2.45) is 0 Å². The second-order valence-electron chi connectivity index (χ2n) is 5.72. The highest BCUT2D eigenvalue weighted by Crippen LogP contribution is 2.26. The number of carbonyl (C=O) groups is 1. The third-order valence-electron chi connectivity index (χ3n) is 4.09. The number of carboxylic acids is 1. The number of piperazine rings is 1. The van der Waals surface area contributed by atoms with Gasteiger partial charge >= 0.3 is 5.97 Å². The van der Waals surface area contributed by atoms with Crippen molar-refractivity contribution >= 4 is 5.97 Å². The minimum absolute atomic E-state index is 0.108. The van der Waals surface area contributed by atoms with Gasteiger partial charge in [-0.1, -0.05) is 19.1 Å². The Kier molecular flexibility index (Phi) is 5.20. The maximum atomic E-state index is 11.7. The first-order chi connectivity index (χ1) is 10.0. The van der Waals surface area contributed by atoms with Crippen LogP contribution in [0.2, 0.25) is 0 Å². The van der Waals surface area contributed by atoms with Gasteiger partial charge in [-0.25, -0.2) is 0 Å². The fourth-order valence-corrected chi connectivity index (χ4v) is 3.08. The van der Waals surface area contributed by atoms with Gasteiger partial charge in [-0.3, -0.25) is 14.6 Å². The first kappa shape index (κ1) is 15.8. The highest BCUT2D eigenvalue weighted by molar-refractivity contribution is 5.75. The van der Waals surface area contributed by atoms with Crippen molar-refractivity contribution in [1.29, 1.82) is 0 Å². The van der Waals surface area contributed by atoms with Crippen LogP contribution in [0.4, 0.5) is 0 Å². The van der Waals surface area contributed by atoms with E-state index in [4.69, 9.17) is 0 Å². The van der Waals surface area contributed by atoms with Crippen molar-refractivity contribution in [3.63, 3.8) is 0 Å². The van der Waals surface area contributed by atoms with E-state index in [1.807, 2.05) is 4.90 Å². The molecule has 1 saturated heterocycles. The first-order valence-corrected chi connectivity index (χ1v) is 7.52. The molecule has 2 unspecified atom stereocenters. The zero-order valence-corrected chi connectivity index (χ0v) is 12.7. The number of aliphatic carboxylic acids is 1. The molecule has 0 radical (unpaired) electrons. The van der Waals surface area contributed by atoms with Gasteiger partial charge in [0.2, 0.25) is 0 Å². The summed E-state index contributed by atoms with van der Waals surface area (Å²) in [6.07, 6.45) is 1.11. The lowest BCUT2D eigenvalue weighted by Gasteiger charge is -2.42. The van der Waals surface area contributed by atoms with Gasteiger partial charge in [0.05, 0.1) is 0 Å². The predicted octanol–water partition coefficient (Wildman–Crippen LogP) is 1.93. The Morgan fingerprint density at radius 2 is 2.19 bits per heavy atom. The predicted molar refractivity (Wildman–Crippen MR) is 81.4 cm³/mol. The second kappa shape index (κ2) is 6.91. The maximum Gasteiger partial charge on any atom is 0.325 e. The third-order valence-corrected chi connectivity index (χ3v) is 4.09. The molecule has 5 nitrogen and oxygen atoms in total. The molecule has 0 amide bonds. The Morgan fingerprint density at radius 1 is 1.43 bits per heavy atom. The largest absolute Gasteiger partial charge is 0.508 e. The van der Waals surface area contributed by atoms with Crippen LogP contribution in [-0.2, 0) is 4.79 Å². The highest BCUT2D eigenvalue weighted by atomic mass is 16.4. The Bertz CT molecular complexity index is 492. The molecule has 2 N–H and O–H groups in total. The van der Waals surface area contributed by atoms with Gasteiger partial charge in [0.15, 0.2) is 0 Å². The Balaban J connectivity index is 2.15. The van der Waals surface area contributed by atoms with Crippen LogP contribution >= 0.6 is 0 Å². The summed E-state index contributed by atoms with van der Waals surface area (Å²) in [6.45, 7) is 7.70. The lowest BCUT2D eigenvalue weighted by molar-refractivity contribution is -0.144. The summed E-state index contributed by atoms with van der Waals surface area (Å²) < 4.78 is 0. The summed E-state index contributed by atoms with van der Waals surface area (Å²) in [5, 5.41) is 19.2. The van der Waals surface area contributed by atoms with Gasteiger partial charge in [-0.2, -0.15) is 0 Å². The maximum absolute atomic E-state index is 11.7. The Labute approximate surface area is 125 Å². The monoisotopic (exact) mass is 292 g/mol. The van der Waals surface area contributed by atoms with E-state index in [0.717, 1.165) is 32.6 Å². The van der Waals surface area contributed by atoms with Crippen molar-refractivity contribution in [1.82, 2.24) is 9.80 Å². The number of nitrogens with zero attached hydrogens (tertiary/aromatic N) is 2. The summed E-state index contributed by atoms with van der Waals surface area (Å²) in [6, 6.07) is 6.21. The SMILES string of the molecule is CCCN1CCN(C(C(=O)O)c2cccc(O)c2)CC1C. The molecule has 5 heteroatoms. The number of benzene rings is 1. The number of aromatic hydroxyl groups is 1. The first-order valence-electron chi connectivity index (χ1n) is 7.52. The smallest absolute Gasteiger partial charge is 0.325 e. The van der Waals surface area contributed by atoms with Crippen LogP contribution < -0.4 is 0 Å². The molecular formula is C16H24N2O3. The molecule has 116 valence electrons. The molecule has 1 aromatic rings. The second-order valence-corrected chi connectivity index (χ2v) is 5.72. The summed E-state index contributed by atoms with van der Waals surface area (Å²) in [7, 11) is 0. The summed E-state index contributed by atoms with van der Waals surface area (Å²) in [5.41, 5.74) is 0.638. The minimum Gasteiger partial charge on any atom is -0.508 e. The molecule has 1 aliphatic rings. The fourth-order valence-electron chi connectivity index (χ4n) is 3.08. The van der Waals surface area contributed by atoms with Crippen LogP contribution in [0, 0.1) is 0 Å². The van der Waals surface area contributed by atoms with E-state index in [1.54, 1.807) is 24.3 Å². The topological polar surface area (TPSA) is 64.0 Å². The van der Waals surface area contributed by atoms with Crippen LogP contribution in [0.1, 0.15) is 31.9 Å². The zero-order chi connectivity index (χ0) is 15.4. The molecule has 0 bridgehead atoms. The van der Waals surface area contributed by atoms with E-state index in [1.165, 1.54) is 0 Å². The average molecular weight is 292 g/mol. The van der Waals surface area contributed by atoms with E-state index >= 15 is 0 Å². The number of phenols is 1. The van der Waals surface area contributed by atoms with Gasteiger partial charge < -0.3 is 10.2 Å². The molecular weight excluding hydrogens is 268 g/mol. The quantitative estimate of drug-likeness (QED) is 0.868. The Hall–Kier alpha value is -1.59. The van der Waals surface area contributed by atoms with Crippen molar-refractivity contribution in [2.75, 3.05) is 26.2 Å².